The fraction of sp³-hybridized carbons (Fsp3) is 0.235. The minimum atomic E-state index is 0.603. The zero-order chi connectivity index (χ0) is 12.8. The molecule has 0 spiro atoms. The summed E-state index contributed by atoms with van der Waals surface area (Å²) in [6.07, 6.45) is 1.16. The number of amidine groups is 1. The van der Waals surface area contributed by atoms with Crippen LogP contribution < -0.4 is 0 Å². The highest BCUT2D eigenvalue weighted by atomic mass is 15.2. The molecule has 1 aliphatic heterocycles. The van der Waals surface area contributed by atoms with E-state index in [-0.39, 0.29) is 0 Å². The van der Waals surface area contributed by atoms with Crippen LogP contribution in [0.2, 0.25) is 0 Å². The SMILES string of the molecule is N=C1c2ccccc2CN1CC1Cc2ccccc21. The van der Waals surface area contributed by atoms with Gasteiger partial charge < -0.3 is 4.90 Å². The first-order chi connectivity index (χ1) is 9.33. The zero-order valence-corrected chi connectivity index (χ0v) is 10.8. The molecule has 2 aliphatic rings. The molecule has 0 radical (unpaired) electrons. The van der Waals surface area contributed by atoms with Crippen molar-refractivity contribution in [3.8, 4) is 0 Å². The van der Waals surface area contributed by atoms with Crippen LogP contribution in [0.4, 0.5) is 0 Å². The van der Waals surface area contributed by atoms with E-state index in [1.807, 2.05) is 6.07 Å². The fourth-order valence-corrected chi connectivity index (χ4v) is 3.29. The predicted octanol–water partition coefficient (Wildman–Crippen LogP) is 3.17. The van der Waals surface area contributed by atoms with Gasteiger partial charge in [0.2, 0.25) is 0 Å². The molecule has 2 aromatic rings. The number of fused-ring (bicyclic) bond motifs is 2. The molecule has 2 nitrogen and oxygen atoms in total. The van der Waals surface area contributed by atoms with Crippen molar-refractivity contribution in [2.45, 2.75) is 18.9 Å². The van der Waals surface area contributed by atoms with E-state index in [2.05, 4.69) is 47.4 Å². The van der Waals surface area contributed by atoms with Crippen molar-refractivity contribution in [3.05, 3.63) is 70.8 Å². The van der Waals surface area contributed by atoms with Crippen molar-refractivity contribution >= 4 is 5.84 Å². The molecule has 2 heteroatoms. The quantitative estimate of drug-likeness (QED) is 0.868. The van der Waals surface area contributed by atoms with E-state index in [1.165, 1.54) is 16.7 Å². The summed E-state index contributed by atoms with van der Waals surface area (Å²) in [5.41, 5.74) is 5.36. The van der Waals surface area contributed by atoms with Crippen LogP contribution in [0.5, 0.6) is 0 Å². The second kappa shape index (κ2) is 3.95. The Bertz CT molecular complexity index is 660. The standard InChI is InChI=1S/C17H16N2/c18-17-16-8-4-2-6-13(16)10-19(17)11-14-9-12-5-1-3-7-15(12)14/h1-8,14,18H,9-11H2. The van der Waals surface area contributed by atoms with E-state index in [9.17, 15) is 0 Å². The van der Waals surface area contributed by atoms with Gasteiger partial charge in [-0.05, 0) is 23.1 Å². The topological polar surface area (TPSA) is 27.1 Å². The Morgan fingerprint density at radius 3 is 2.53 bits per heavy atom. The lowest BCUT2D eigenvalue weighted by Crippen LogP contribution is -2.33. The van der Waals surface area contributed by atoms with Gasteiger partial charge in [-0.3, -0.25) is 5.41 Å². The third-order valence-corrected chi connectivity index (χ3v) is 4.35. The maximum atomic E-state index is 8.29. The molecule has 1 N–H and O–H groups in total. The molecule has 2 aromatic carbocycles. The van der Waals surface area contributed by atoms with E-state index < -0.39 is 0 Å². The molecular formula is C17H16N2. The molecule has 0 fully saturated rings. The molecule has 4 rings (SSSR count). The van der Waals surface area contributed by atoms with Gasteiger partial charge in [-0.25, -0.2) is 0 Å². The van der Waals surface area contributed by atoms with Crippen LogP contribution in [-0.2, 0) is 13.0 Å². The minimum absolute atomic E-state index is 0.603. The van der Waals surface area contributed by atoms with Crippen LogP contribution in [0.15, 0.2) is 48.5 Å². The van der Waals surface area contributed by atoms with Gasteiger partial charge in [0.1, 0.15) is 5.84 Å². The first-order valence-electron chi connectivity index (χ1n) is 6.82. The summed E-state index contributed by atoms with van der Waals surface area (Å²) < 4.78 is 0. The summed E-state index contributed by atoms with van der Waals surface area (Å²) in [6.45, 7) is 1.87. The Kier molecular flexibility index (Phi) is 2.25. The number of nitrogens with one attached hydrogen (secondary N) is 1. The average Bonchev–Trinajstić information content (AvgIpc) is 2.73. The molecular weight excluding hydrogens is 232 g/mol. The smallest absolute Gasteiger partial charge is 0.128 e. The molecule has 0 saturated carbocycles. The van der Waals surface area contributed by atoms with Crippen molar-refractivity contribution in [1.29, 1.82) is 5.41 Å². The average molecular weight is 248 g/mol. The number of nitrogens with zero attached hydrogens (tertiary/aromatic N) is 1. The summed E-state index contributed by atoms with van der Waals surface area (Å²) in [5, 5.41) is 8.29. The van der Waals surface area contributed by atoms with E-state index in [0.717, 1.165) is 25.1 Å². The number of benzene rings is 2. The monoisotopic (exact) mass is 248 g/mol. The molecule has 19 heavy (non-hydrogen) atoms. The van der Waals surface area contributed by atoms with Gasteiger partial charge in [0.05, 0.1) is 0 Å². The molecule has 94 valence electrons. The molecule has 0 aromatic heterocycles. The molecule has 1 aliphatic carbocycles. The van der Waals surface area contributed by atoms with Crippen molar-refractivity contribution in [2.24, 2.45) is 0 Å². The number of rotatable bonds is 2. The first kappa shape index (κ1) is 10.8. The van der Waals surface area contributed by atoms with Crippen LogP contribution in [0.1, 0.15) is 28.2 Å². The summed E-state index contributed by atoms with van der Waals surface area (Å²) in [6, 6.07) is 17.0. The molecule has 0 saturated heterocycles. The molecule has 1 atom stereocenters. The highest BCUT2D eigenvalue weighted by Crippen LogP contribution is 2.36. The van der Waals surface area contributed by atoms with Crippen molar-refractivity contribution in [1.82, 2.24) is 4.90 Å². The maximum Gasteiger partial charge on any atom is 0.128 e. The number of hydrogen-bond acceptors (Lipinski definition) is 1. The Labute approximate surface area is 113 Å². The second-order valence-electron chi connectivity index (χ2n) is 5.49. The Hall–Kier alpha value is -2.09. The Morgan fingerprint density at radius 2 is 1.74 bits per heavy atom. The van der Waals surface area contributed by atoms with Crippen molar-refractivity contribution in [3.63, 3.8) is 0 Å². The summed E-state index contributed by atoms with van der Waals surface area (Å²) >= 11 is 0. The third-order valence-electron chi connectivity index (χ3n) is 4.35. The lowest BCUT2D eigenvalue weighted by molar-refractivity contribution is 0.372. The predicted molar refractivity (Wildman–Crippen MR) is 76.6 cm³/mol. The highest BCUT2D eigenvalue weighted by Gasteiger charge is 2.31. The van der Waals surface area contributed by atoms with Crippen molar-refractivity contribution < 1.29 is 0 Å². The lowest BCUT2D eigenvalue weighted by Gasteiger charge is -2.34. The van der Waals surface area contributed by atoms with Crippen LogP contribution in [0.3, 0.4) is 0 Å². The zero-order valence-electron chi connectivity index (χ0n) is 10.8. The van der Waals surface area contributed by atoms with Crippen LogP contribution in [-0.4, -0.2) is 17.3 Å². The molecule has 1 heterocycles. The summed E-state index contributed by atoms with van der Waals surface area (Å²) in [5.74, 6) is 1.30. The van der Waals surface area contributed by atoms with Gasteiger partial charge >= 0.3 is 0 Å². The second-order valence-corrected chi connectivity index (χ2v) is 5.49. The van der Waals surface area contributed by atoms with E-state index in [4.69, 9.17) is 5.41 Å². The van der Waals surface area contributed by atoms with Gasteiger partial charge in [0, 0.05) is 24.6 Å². The van der Waals surface area contributed by atoms with Gasteiger partial charge in [-0.2, -0.15) is 0 Å². The fourth-order valence-electron chi connectivity index (χ4n) is 3.29. The highest BCUT2D eigenvalue weighted by molar-refractivity contribution is 6.00. The van der Waals surface area contributed by atoms with Gasteiger partial charge in [-0.1, -0.05) is 48.5 Å². The van der Waals surface area contributed by atoms with Crippen LogP contribution in [0.25, 0.3) is 0 Å². The maximum absolute atomic E-state index is 8.29. The number of hydrogen-bond donors (Lipinski definition) is 1. The Morgan fingerprint density at radius 1 is 1.00 bits per heavy atom. The van der Waals surface area contributed by atoms with E-state index in [1.54, 1.807) is 0 Å². The van der Waals surface area contributed by atoms with Gasteiger partial charge in [0.15, 0.2) is 0 Å². The third kappa shape index (κ3) is 1.60. The molecule has 0 amide bonds. The lowest BCUT2D eigenvalue weighted by atomic mass is 9.77. The minimum Gasteiger partial charge on any atom is -0.352 e. The molecule has 1 unspecified atom stereocenters. The van der Waals surface area contributed by atoms with Crippen molar-refractivity contribution in [2.75, 3.05) is 6.54 Å². The summed E-state index contributed by atoms with van der Waals surface area (Å²) in [7, 11) is 0. The van der Waals surface area contributed by atoms with Crippen LogP contribution in [0, 0.1) is 5.41 Å². The molecule has 0 bridgehead atoms. The van der Waals surface area contributed by atoms with E-state index >= 15 is 0 Å². The van der Waals surface area contributed by atoms with Gasteiger partial charge in [-0.15, -0.1) is 0 Å². The largest absolute Gasteiger partial charge is 0.352 e. The van der Waals surface area contributed by atoms with Gasteiger partial charge in [0.25, 0.3) is 0 Å². The normalized spacial score (nSPS) is 19.9. The Balaban J connectivity index is 1.54. The summed E-state index contributed by atoms with van der Waals surface area (Å²) in [4.78, 5) is 2.21. The first-order valence-corrected chi connectivity index (χ1v) is 6.82. The van der Waals surface area contributed by atoms with Crippen LogP contribution >= 0.6 is 0 Å². The van der Waals surface area contributed by atoms with E-state index in [0.29, 0.717) is 11.8 Å².